The molecule has 1 aromatic carbocycles. The summed E-state index contributed by atoms with van der Waals surface area (Å²) in [4.78, 5) is 149. The fourth-order valence-corrected chi connectivity index (χ4v) is 16.2. The third kappa shape index (κ3) is 14.8. The van der Waals surface area contributed by atoms with E-state index in [4.69, 9.17) is 39.6 Å². The van der Waals surface area contributed by atoms with Gasteiger partial charge in [0.25, 0.3) is 17.7 Å². The number of carbonyl (C=O) groups is 8. The van der Waals surface area contributed by atoms with Gasteiger partial charge in [0.15, 0.2) is 0 Å². The maximum Gasteiger partial charge on any atom is 0.354 e. The fraction of sp³-hybridized carbons (Fsp3) is 0.323. The molecule has 6 amide bonds. The number of carboxylic acid groups (broad SMARTS) is 2. The summed E-state index contributed by atoms with van der Waals surface area (Å²) >= 11 is 7.00. The van der Waals surface area contributed by atoms with E-state index >= 15 is 0 Å². The molecule has 11 rings (SSSR count). The van der Waals surface area contributed by atoms with E-state index in [1.165, 1.54) is 54.0 Å². The van der Waals surface area contributed by atoms with Gasteiger partial charge in [-0.25, -0.2) is 44.7 Å². The van der Waals surface area contributed by atoms with Crippen molar-refractivity contribution in [2.75, 3.05) is 25.6 Å². The molecule has 1 fully saturated rings. The number of benzene rings is 1. The number of hydrogen-bond acceptors (Lipinski definition) is 24. The molecule has 32 heteroatoms. The van der Waals surface area contributed by atoms with Crippen LogP contribution in [0.3, 0.4) is 0 Å². The van der Waals surface area contributed by atoms with E-state index in [1.807, 2.05) is 13.8 Å². The van der Waals surface area contributed by atoms with Crippen LogP contribution in [0.4, 0.5) is 5.82 Å². The van der Waals surface area contributed by atoms with Crippen molar-refractivity contribution in [2.24, 2.45) is 17.8 Å². The van der Waals surface area contributed by atoms with E-state index in [9.17, 15) is 53.7 Å². The molecule has 0 spiro atoms. The summed E-state index contributed by atoms with van der Waals surface area (Å²) in [6.45, 7) is 4.81. The molecule has 2 aliphatic rings. The zero-order valence-corrected chi connectivity index (χ0v) is 55.7. The normalized spacial score (nSPS) is 18.3. The Morgan fingerprint density at radius 1 is 0.691 bits per heavy atom. The van der Waals surface area contributed by atoms with Gasteiger partial charge in [0.05, 0.1) is 54.7 Å². The Kier molecular flexibility index (Phi) is 20.6. The van der Waals surface area contributed by atoms with Gasteiger partial charge in [-0.15, -0.1) is 68.0 Å². The van der Waals surface area contributed by atoms with Crippen molar-refractivity contribution < 1.29 is 58.4 Å². The van der Waals surface area contributed by atoms with Gasteiger partial charge in [-0.05, 0) is 73.9 Å². The monoisotopic (exact) mass is 1380 g/mol. The number of aliphatic hydroxyl groups excluding tert-OH is 1. The van der Waals surface area contributed by atoms with Gasteiger partial charge < -0.3 is 46.6 Å². The Bertz CT molecular complexity index is 4340. The summed E-state index contributed by atoms with van der Waals surface area (Å²) in [5.74, 6) is -6.62. The second kappa shape index (κ2) is 29.1. The van der Waals surface area contributed by atoms with E-state index in [0.717, 1.165) is 45.3 Å². The number of carboxylic acids is 2. The summed E-state index contributed by atoms with van der Waals surface area (Å²) in [6.07, 6.45) is 1.05. The second-order valence-corrected chi connectivity index (χ2v) is 28.1. The lowest BCUT2D eigenvalue weighted by atomic mass is 9.81. The van der Waals surface area contributed by atoms with Crippen molar-refractivity contribution in [1.82, 2.24) is 66.5 Å². The minimum atomic E-state index is -1.31. The number of nitrogens with zero attached hydrogens (tertiary/aromatic N) is 9. The Balaban J connectivity index is 0.991. The van der Waals surface area contributed by atoms with Crippen molar-refractivity contribution in [3.05, 3.63) is 141 Å². The molecule has 26 nitrogen and oxygen atoms in total. The first-order chi connectivity index (χ1) is 45.2. The maximum absolute atomic E-state index is 14.6. The number of carbonyl (C=O) groups excluding carboxylic acids is 6. The molecule has 8 N–H and O–H groups in total. The molecule has 10 bridgehead atoms. The second-order valence-electron chi connectivity index (χ2n) is 22.3. The zero-order chi connectivity index (χ0) is 66.5. The van der Waals surface area contributed by atoms with E-state index < -0.39 is 84.1 Å². The highest BCUT2D eigenvalue weighted by atomic mass is 32.1. The molecule has 486 valence electrons. The van der Waals surface area contributed by atoms with Crippen LogP contribution in [0.25, 0.3) is 43.4 Å². The van der Waals surface area contributed by atoms with E-state index in [2.05, 4.69) is 31.6 Å². The lowest BCUT2D eigenvalue weighted by Crippen LogP contribution is -2.40. The predicted molar refractivity (Wildman–Crippen MR) is 352 cm³/mol. The van der Waals surface area contributed by atoms with E-state index in [1.54, 1.807) is 77.0 Å². The SMILES string of the molecule is CNC(=O)C[C@@H]1NC(=O)c2csc(n2)-c2ccc(-c3nc(N(Cc4ccnc(C(=O)O)c4)C(=O)C4CCC(C(=O)O)CC4)cs3)nc2-c2csc(n2)-c2csc(n2)[C@H]([C@@H](O)c2ccccc2)NC(=O)CNC(=O)c2nc(sc2COC)C(C(C)C)NC(=O)c2nc1sc2C. The Hall–Kier alpha value is -9.02. The first kappa shape index (κ1) is 66.4. The average molecular weight is 1390 g/mol. The van der Waals surface area contributed by atoms with E-state index in [0.29, 0.717) is 99.9 Å². The molecule has 0 radical (unpaired) electrons. The van der Waals surface area contributed by atoms with Gasteiger partial charge in [0.2, 0.25) is 17.7 Å². The van der Waals surface area contributed by atoms with Crippen LogP contribution in [0.2, 0.25) is 0 Å². The predicted octanol–water partition coefficient (Wildman–Crippen LogP) is 8.83. The Labute approximate surface area is 560 Å². The molecule has 8 aromatic heterocycles. The lowest BCUT2D eigenvalue weighted by molar-refractivity contribution is -0.144. The van der Waals surface area contributed by atoms with Crippen LogP contribution in [0.1, 0.15) is 148 Å². The number of rotatable bonds is 14. The molecule has 4 atom stereocenters. The van der Waals surface area contributed by atoms with Gasteiger partial charge in [0.1, 0.15) is 87.9 Å². The van der Waals surface area contributed by atoms with Gasteiger partial charge in [0, 0.05) is 58.2 Å². The number of pyridine rings is 2. The Morgan fingerprint density at radius 3 is 2.13 bits per heavy atom. The molecule has 1 saturated carbocycles. The summed E-state index contributed by atoms with van der Waals surface area (Å²) < 4.78 is 5.46. The van der Waals surface area contributed by atoms with Gasteiger partial charge in [-0.3, -0.25) is 38.5 Å². The number of amides is 6. The highest BCUT2D eigenvalue weighted by Gasteiger charge is 2.36. The minimum absolute atomic E-state index is 0.0139. The van der Waals surface area contributed by atoms with Crippen LogP contribution in [0.15, 0.2) is 82.3 Å². The topological polar surface area (TPSA) is 373 Å². The molecule has 94 heavy (non-hydrogen) atoms. The number of anilines is 1. The van der Waals surface area contributed by atoms with E-state index in [-0.39, 0.29) is 65.0 Å². The first-order valence-electron chi connectivity index (χ1n) is 29.4. The number of aliphatic carboxylic acids is 1. The largest absolute Gasteiger partial charge is 0.481 e. The highest BCUT2D eigenvalue weighted by Crippen LogP contribution is 2.41. The van der Waals surface area contributed by atoms with Crippen LogP contribution < -0.4 is 31.5 Å². The number of aliphatic hydroxyl groups is 1. The maximum atomic E-state index is 14.6. The summed E-state index contributed by atoms with van der Waals surface area (Å²) in [5.41, 5.74) is 2.57. The number of fused-ring (bicyclic) bond motifs is 14. The molecule has 1 unspecified atom stereocenters. The fourth-order valence-electron chi connectivity index (χ4n) is 10.7. The molecular weight excluding hydrogens is 1330 g/mol. The zero-order valence-electron chi connectivity index (χ0n) is 50.8. The van der Waals surface area contributed by atoms with Crippen molar-refractivity contribution in [3.63, 3.8) is 0 Å². The van der Waals surface area contributed by atoms with Gasteiger partial charge in [-0.2, -0.15) is 0 Å². The third-order valence-corrected chi connectivity index (χ3v) is 21.3. The lowest BCUT2D eigenvalue weighted by Gasteiger charge is -2.30. The number of nitrogens with one attached hydrogen (secondary N) is 5. The summed E-state index contributed by atoms with van der Waals surface area (Å²) in [6, 6.07) is 12.2. The molecule has 1 aliphatic carbocycles. The number of hydrogen-bond donors (Lipinski definition) is 8. The number of aryl methyl sites for hydroxylation is 1. The van der Waals surface area contributed by atoms with Crippen LogP contribution in [-0.2, 0) is 37.1 Å². The van der Waals surface area contributed by atoms with Crippen LogP contribution in [0.5, 0.6) is 0 Å². The van der Waals surface area contributed by atoms with Crippen LogP contribution >= 0.6 is 68.0 Å². The number of thiazole rings is 6. The van der Waals surface area contributed by atoms with Gasteiger partial charge in [-0.1, -0.05) is 44.2 Å². The average Bonchev–Trinajstić information content (AvgIpc) is 1.56. The Morgan fingerprint density at radius 2 is 1.39 bits per heavy atom. The summed E-state index contributed by atoms with van der Waals surface area (Å²) in [7, 11) is 2.92. The van der Waals surface area contributed by atoms with Gasteiger partial charge >= 0.3 is 11.9 Å². The molecule has 9 heterocycles. The summed E-state index contributed by atoms with van der Waals surface area (Å²) in [5, 5.41) is 54.4. The van der Waals surface area contributed by atoms with Crippen LogP contribution in [-0.4, -0.2) is 123 Å². The quantitative estimate of drug-likeness (QED) is 0.0504. The minimum Gasteiger partial charge on any atom is -0.481 e. The van der Waals surface area contributed by atoms with Crippen molar-refractivity contribution in [3.8, 4) is 43.4 Å². The number of aromatic carboxylic acids is 1. The molecule has 9 aromatic rings. The highest BCUT2D eigenvalue weighted by molar-refractivity contribution is 7.15. The molecular formula is C62H60N14O12S6. The third-order valence-electron chi connectivity index (χ3n) is 15.6. The molecule has 0 saturated heterocycles. The molecule has 1 aliphatic heterocycles. The van der Waals surface area contributed by atoms with Crippen molar-refractivity contribution >= 4 is 121 Å². The number of ether oxygens (including phenoxy) is 1. The number of methoxy groups -OCH3 is 1. The first-order valence-corrected chi connectivity index (χ1v) is 34.5. The van der Waals surface area contributed by atoms with Crippen LogP contribution in [0, 0.1) is 24.7 Å². The van der Waals surface area contributed by atoms with Crippen molar-refractivity contribution in [1.29, 1.82) is 0 Å². The number of aromatic nitrogens is 8. The van der Waals surface area contributed by atoms with Crippen molar-refractivity contribution in [2.45, 2.75) is 90.3 Å². The smallest absolute Gasteiger partial charge is 0.354 e. The standard InChI is InChI=1S/C62H60N14O12S6/c1-28(2)45-59-75-48(41(94-59)23-88-5)52(81)65-21-44(78)72-49(50(79)31-9-7-6-8-10-31)58-70-40(26-91-58)56-68-38(24-90-56)47-34(54-69-39(25-89-54)51(80)67-36(20-43(77)63-4)57-74-46(29(3)93-57)53(82)73-45)15-16-35(66-47)55-71-42(27-92-55)76(22-30-17-18-64-37(19-30)62(86)87)60(83)32-11-13-33(14-12-32)61(84)85/h6-10,15-19,24-28,32-33,36,45,49-50,79H,11-14,20-23H2,1-5H3,(H,63,77)(H,65,81)(H,67,80)(H,72,78)(H,73,82)(H,84,85)(H,86,87)/t32?,33?,36-,45?,49-,50-/m0/s1.